The summed E-state index contributed by atoms with van der Waals surface area (Å²) in [5.41, 5.74) is 0.350. The van der Waals surface area contributed by atoms with Crippen molar-refractivity contribution < 1.29 is 14.3 Å². The molecule has 2 N–H and O–H groups in total. The van der Waals surface area contributed by atoms with Crippen molar-refractivity contribution in [2.45, 2.75) is 63.6 Å². The van der Waals surface area contributed by atoms with Crippen LogP contribution in [0.4, 0.5) is 0 Å². The highest BCUT2D eigenvalue weighted by molar-refractivity contribution is 5.99. The maximum atomic E-state index is 13.3. The normalized spacial score (nSPS) is 16.1. The second-order valence-electron chi connectivity index (χ2n) is 9.55. The zero-order chi connectivity index (χ0) is 24.4. The lowest BCUT2D eigenvalue weighted by Gasteiger charge is -2.25. The van der Waals surface area contributed by atoms with Crippen LogP contribution in [0.5, 0.6) is 5.75 Å². The van der Waals surface area contributed by atoms with Crippen molar-refractivity contribution in [2.75, 3.05) is 7.11 Å². The minimum absolute atomic E-state index is 0.00164. The van der Waals surface area contributed by atoms with E-state index in [2.05, 4.69) is 10.6 Å². The third kappa shape index (κ3) is 4.94. The molecule has 0 bridgehead atoms. The third-order valence-electron chi connectivity index (χ3n) is 7.09. The molecule has 2 fully saturated rings. The molecule has 3 aromatic rings. The molecule has 0 radical (unpaired) electrons. The van der Waals surface area contributed by atoms with Gasteiger partial charge in [-0.05, 0) is 42.5 Å². The molecule has 7 heteroatoms. The van der Waals surface area contributed by atoms with E-state index in [1.807, 2.05) is 41.0 Å². The Morgan fingerprint density at radius 1 is 0.943 bits per heavy atom. The van der Waals surface area contributed by atoms with Crippen LogP contribution in [-0.4, -0.2) is 29.5 Å². The van der Waals surface area contributed by atoms with E-state index in [0.717, 1.165) is 54.9 Å². The van der Waals surface area contributed by atoms with Crippen molar-refractivity contribution in [2.24, 2.45) is 0 Å². The molecule has 5 rings (SSSR count). The maximum Gasteiger partial charge on any atom is 0.257 e. The molecule has 7 nitrogen and oxygen atoms in total. The van der Waals surface area contributed by atoms with Gasteiger partial charge in [0, 0.05) is 36.6 Å². The van der Waals surface area contributed by atoms with Crippen molar-refractivity contribution in [1.82, 2.24) is 15.2 Å². The Morgan fingerprint density at radius 2 is 1.66 bits per heavy atom. The summed E-state index contributed by atoms with van der Waals surface area (Å²) in [4.78, 5) is 39.5. The van der Waals surface area contributed by atoms with Gasteiger partial charge in [-0.2, -0.15) is 0 Å². The molecular formula is C28H31N3O4. The summed E-state index contributed by atoms with van der Waals surface area (Å²) in [7, 11) is 1.60. The van der Waals surface area contributed by atoms with Crippen LogP contribution in [0, 0.1) is 0 Å². The number of nitrogens with zero attached hydrogens (tertiary/aromatic N) is 1. The number of carbonyl (C=O) groups excluding carboxylic acids is 2. The van der Waals surface area contributed by atoms with Gasteiger partial charge in [-0.1, -0.05) is 49.6 Å². The molecule has 0 saturated heterocycles. The lowest BCUT2D eigenvalue weighted by atomic mass is 9.95. The first kappa shape index (κ1) is 23.1. The number of ether oxygens (including phenoxy) is 1. The highest BCUT2D eigenvalue weighted by atomic mass is 16.5. The van der Waals surface area contributed by atoms with E-state index in [9.17, 15) is 14.4 Å². The Bertz CT molecular complexity index is 1320. The minimum atomic E-state index is -0.530. The van der Waals surface area contributed by atoms with E-state index < -0.39 is 17.2 Å². The Labute approximate surface area is 204 Å². The number of methoxy groups -OCH3 is 1. The average molecular weight is 474 g/mol. The first-order valence-corrected chi connectivity index (χ1v) is 12.4. The molecule has 2 aromatic carbocycles. The van der Waals surface area contributed by atoms with Crippen LogP contribution in [-0.2, 0) is 6.54 Å². The Kier molecular flexibility index (Phi) is 6.57. The summed E-state index contributed by atoms with van der Waals surface area (Å²) in [5, 5.41) is 7.82. The van der Waals surface area contributed by atoms with Crippen molar-refractivity contribution >= 4 is 22.6 Å². The number of hydrogen-bond donors (Lipinski definition) is 2. The van der Waals surface area contributed by atoms with E-state index in [0.29, 0.717) is 5.75 Å². The molecule has 0 spiro atoms. The fraction of sp³-hybridized carbons (Fsp3) is 0.393. The molecule has 0 unspecified atom stereocenters. The van der Waals surface area contributed by atoms with Crippen LogP contribution < -0.4 is 20.8 Å². The monoisotopic (exact) mass is 473 g/mol. The van der Waals surface area contributed by atoms with Crippen molar-refractivity contribution in [1.29, 1.82) is 0 Å². The highest BCUT2D eigenvalue weighted by Crippen LogP contribution is 2.29. The molecule has 1 aromatic heterocycles. The van der Waals surface area contributed by atoms with Gasteiger partial charge in [0.2, 0.25) is 5.43 Å². The standard InChI is InChI=1S/C28H31N3O4/c1-35-25-14-11-18-7-5-6-10-21(18)22(25)15-29-27(33)23-16-31(20-8-3-2-4-9-20)17-24(26(23)32)28(34)30-19-12-13-19/h5-7,10-11,14,16-17,19-20H,2-4,8-9,12-13,15H2,1H3,(H,29,33)(H,30,34). The number of hydrogen-bond acceptors (Lipinski definition) is 4. The van der Waals surface area contributed by atoms with Gasteiger partial charge in [0.25, 0.3) is 11.8 Å². The second-order valence-corrected chi connectivity index (χ2v) is 9.55. The number of aromatic nitrogens is 1. The molecular weight excluding hydrogens is 442 g/mol. The number of rotatable bonds is 7. The average Bonchev–Trinajstić information content (AvgIpc) is 3.71. The summed E-state index contributed by atoms with van der Waals surface area (Å²) in [6, 6.07) is 12.1. The van der Waals surface area contributed by atoms with Crippen LogP contribution >= 0.6 is 0 Å². The SMILES string of the molecule is COc1ccc2ccccc2c1CNC(=O)c1cn(C2CCCCC2)cc(C(=O)NC2CC2)c1=O. The smallest absolute Gasteiger partial charge is 0.257 e. The number of benzene rings is 2. The fourth-order valence-corrected chi connectivity index (χ4v) is 4.96. The van der Waals surface area contributed by atoms with Gasteiger partial charge in [0.1, 0.15) is 16.9 Å². The topological polar surface area (TPSA) is 89.4 Å². The van der Waals surface area contributed by atoms with E-state index in [-0.39, 0.29) is 29.8 Å². The predicted octanol–water partition coefficient (Wildman–Crippen LogP) is 4.34. The van der Waals surface area contributed by atoms with E-state index in [1.54, 1.807) is 19.5 Å². The lowest BCUT2D eigenvalue weighted by Crippen LogP contribution is -2.36. The van der Waals surface area contributed by atoms with Gasteiger partial charge >= 0.3 is 0 Å². The van der Waals surface area contributed by atoms with Gasteiger partial charge in [0.15, 0.2) is 0 Å². The van der Waals surface area contributed by atoms with Gasteiger partial charge < -0.3 is 19.9 Å². The minimum Gasteiger partial charge on any atom is -0.496 e. The van der Waals surface area contributed by atoms with Crippen LogP contribution in [0.15, 0.2) is 53.6 Å². The summed E-state index contributed by atoms with van der Waals surface area (Å²) >= 11 is 0. The second kappa shape index (κ2) is 9.94. The van der Waals surface area contributed by atoms with Crippen LogP contribution in [0.3, 0.4) is 0 Å². The Hall–Kier alpha value is -3.61. The van der Waals surface area contributed by atoms with Gasteiger partial charge in [-0.3, -0.25) is 14.4 Å². The molecule has 182 valence electrons. The molecule has 0 atom stereocenters. The largest absolute Gasteiger partial charge is 0.496 e. The highest BCUT2D eigenvalue weighted by Gasteiger charge is 2.27. The van der Waals surface area contributed by atoms with Gasteiger partial charge in [0.05, 0.1) is 7.11 Å². The van der Waals surface area contributed by atoms with Crippen molar-refractivity contribution in [3.63, 3.8) is 0 Å². The number of fused-ring (bicyclic) bond motifs is 1. The summed E-state index contributed by atoms with van der Waals surface area (Å²) < 4.78 is 7.45. The van der Waals surface area contributed by atoms with Crippen molar-refractivity contribution in [3.05, 3.63) is 75.7 Å². The third-order valence-corrected chi connectivity index (χ3v) is 7.09. The Balaban J connectivity index is 1.46. The summed E-state index contributed by atoms with van der Waals surface area (Å²) in [6.45, 7) is 0.199. The van der Waals surface area contributed by atoms with E-state index in [4.69, 9.17) is 4.74 Å². The number of amides is 2. The first-order chi connectivity index (χ1) is 17.0. The van der Waals surface area contributed by atoms with Crippen LogP contribution in [0.25, 0.3) is 10.8 Å². The quantitative estimate of drug-likeness (QED) is 0.534. The van der Waals surface area contributed by atoms with Crippen LogP contribution in [0.2, 0.25) is 0 Å². The summed E-state index contributed by atoms with van der Waals surface area (Å²) in [6.07, 6.45) is 10.5. The fourth-order valence-electron chi connectivity index (χ4n) is 4.96. The zero-order valence-electron chi connectivity index (χ0n) is 20.0. The molecule has 1 heterocycles. The number of nitrogens with one attached hydrogen (secondary N) is 2. The summed E-state index contributed by atoms with van der Waals surface area (Å²) in [5.74, 6) is -0.218. The molecule has 2 aliphatic rings. The van der Waals surface area contributed by atoms with Crippen molar-refractivity contribution in [3.8, 4) is 5.75 Å². The lowest BCUT2D eigenvalue weighted by molar-refractivity contribution is 0.0947. The molecule has 0 aliphatic heterocycles. The number of pyridine rings is 1. The Morgan fingerprint density at radius 3 is 2.37 bits per heavy atom. The van der Waals surface area contributed by atoms with Gasteiger partial charge in [-0.25, -0.2) is 0 Å². The first-order valence-electron chi connectivity index (χ1n) is 12.4. The van der Waals surface area contributed by atoms with Gasteiger partial charge in [-0.15, -0.1) is 0 Å². The number of carbonyl (C=O) groups is 2. The maximum absolute atomic E-state index is 13.3. The van der Waals surface area contributed by atoms with E-state index >= 15 is 0 Å². The van der Waals surface area contributed by atoms with E-state index in [1.165, 1.54) is 6.42 Å². The molecule has 35 heavy (non-hydrogen) atoms. The molecule has 2 amide bonds. The molecule has 2 saturated carbocycles. The molecule has 2 aliphatic carbocycles. The van der Waals surface area contributed by atoms with Crippen LogP contribution in [0.1, 0.15) is 77.3 Å². The zero-order valence-corrected chi connectivity index (χ0v) is 20.0. The predicted molar refractivity (Wildman–Crippen MR) is 135 cm³/mol.